The maximum Gasteiger partial charge on any atom is 0.126 e. The van der Waals surface area contributed by atoms with E-state index in [0.717, 1.165) is 0 Å². The molecule has 0 aliphatic rings. The molecule has 1 unspecified atom stereocenters. The second-order valence-electron chi connectivity index (χ2n) is 2.97. The van der Waals surface area contributed by atoms with Gasteiger partial charge in [0.1, 0.15) is 5.82 Å². The normalized spacial score (nSPS) is 12.6. The molecule has 3 N–H and O–H groups in total. The molecule has 0 heterocycles. The number of rotatable bonds is 4. The highest BCUT2D eigenvalue weighted by molar-refractivity contribution is 9.10. The van der Waals surface area contributed by atoms with Gasteiger partial charge in [-0.25, -0.2) is 4.39 Å². The number of hydrogen-bond acceptors (Lipinski definition) is 3. The second kappa shape index (κ2) is 5.65. The van der Waals surface area contributed by atoms with Crippen molar-refractivity contribution in [1.82, 2.24) is 0 Å². The third kappa shape index (κ3) is 3.61. The lowest BCUT2D eigenvalue weighted by Crippen LogP contribution is -2.23. The first kappa shape index (κ1) is 12.7. The Morgan fingerprint density at radius 2 is 2.20 bits per heavy atom. The molecule has 0 bridgehead atoms. The van der Waals surface area contributed by atoms with E-state index in [1.54, 1.807) is 0 Å². The Kier molecular flexibility index (Phi) is 4.79. The first-order chi connectivity index (χ1) is 7.04. The highest BCUT2D eigenvalue weighted by atomic mass is 79.9. The number of halogens is 3. The zero-order chi connectivity index (χ0) is 11.4. The lowest BCUT2D eigenvalue weighted by atomic mass is 10.3. The van der Waals surface area contributed by atoms with Gasteiger partial charge in [-0.05, 0) is 28.1 Å². The highest BCUT2D eigenvalue weighted by Gasteiger charge is 2.08. The molecule has 0 aliphatic carbocycles. The molecule has 0 aromatic heterocycles. The van der Waals surface area contributed by atoms with E-state index < -0.39 is 11.9 Å². The molecule has 15 heavy (non-hydrogen) atoms. The van der Waals surface area contributed by atoms with Crippen molar-refractivity contribution in [2.75, 3.05) is 18.5 Å². The number of aliphatic hydroxyl groups is 2. The molecule has 0 saturated heterocycles. The van der Waals surface area contributed by atoms with Gasteiger partial charge in [0.15, 0.2) is 0 Å². The summed E-state index contributed by atoms with van der Waals surface area (Å²) < 4.78 is 13.4. The maximum atomic E-state index is 13.0. The first-order valence-corrected chi connectivity index (χ1v) is 5.39. The molecule has 3 nitrogen and oxygen atoms in total. The summed E-state index contributed by atoms with van der Waals surface area (Å²) in [6.07, 6.45) is -0.900. The summed E-state index contributed by atoms with van der Waals surface area (Å²) in [6.45, 7) is -0.257. The molecule has 0 saturated carbocycles. The lowest BCUT2D eigenvalue weighted by Gasteiger charge is -2.12. The number of hydrogen-bond donors (Lipinski definition) is 3. The highest BCUT2D eigenvalue weighted by Crippen LogP contribution is 2.31. The molecule has 6 heteroatoms. The van der Waals surface area contributed by atoms with Crippen molar-refractivity contribution in [3.8, 4) is 0 Å². The van der Waals surface area contributed by atoms with E-state index in [1.807, 2.05) is 0 Å². The topological polar surface area (TPSA) is 52.5 Å². The Morgan fingerprint density at radius 1 is 1.53 bits per heavy atom. The minimum Gasteiger partial charge on any atom is -0.394 e. The second-order valence-corrected chi connectivity index (χ2v) is 4.20. The fourth-order valence-corrected chi connectivity index (χ4v) is 1.59. The van der Waals surface area contributed by atoms with Gasteiger partial charge >= 0.3 is 0 Å². The van der Waals surface area contributed by atoms with Gasteiger partial charge in [-0.15, -0.1) is 0 Å². The summed E-state index contributed by atoms with van der Waals surface area (Å²) >= 11 is 8.97. The Labute approximate surface area is 100 Å². The summed E-state index contributed by atoms with van der Waals surface area (Å²) in [5.74, 6) is -0.438. The molecule has 1 aromatic rings. The number of nitrogens with one attached hydrogen (secondary N) is 1. The van der Waals surface area contributed by atoms with Crippen LogP contribution in [0.3, 0.4) is 0 Å². The molecule has 0 radical (unpaired) electrons. The molecule has 0 spiro atoms. The van der Waals surface area contributed by atoms with Crippen molar-refractivity contribution < 1.29 is 14.6 Å². The van der Waals surface area contributed by atoms with Gasteiger partial charge < -0.3 is 15.5 Å². The molecular formula is C9H10BrClFNO2. The Bertz CT molecular complexity index is 351. The van der Waals surface area contributed by atoms with E-state index in [9.17, 15) is 4.39 Å². The molecule has 1 atom stereocenters. The van der Waals surface area contributed by atoms with Crippen LogP contribution in [-0.4, -0.2) is 29.5 Å². The average Bonchev–Trinajstić information content (AvgIpc) is 2.20. The van der Waals surface area contributed by atoms with Gasteiger partial charge in [-0.2, -0.15) is 0 Å². The van der Waals surface area contributed by atoms with Crippen LogP contribution in [0, 0.1) is 5.82 Å². The van der Waals surface area contributed by atoms with Crippen LogP contribution in [0.25, 0.3) is 0 Å². The fourth-order valence-electron chi connectivity index (χ4n) is 0.977. The van der Waals surface area contributed by atoms with Gasteiger partial charge in [0.05, 0.1) is 23.4 Å². The van der Waals surface area contributed by atoms with Gasteiger partial charge in [0, 0.05) is 11.0 Å². The van der Waals surface area contributed by atoms with Gasteiger partial charge in [0.25, 0.3) is 0 Å². The minimum absolute atomic E-state index is 0.103. The summed E-state index contributed by atoms with van der Waals surface area (Å²) in [7, 11) is 0. The van der Waals surface area contributed by atoms with Crippen molar-refractivity contribution in [2.45, 2.75) is 6.10 Å². The van der Waals surface area contributed by atoms with Crippen molar-refractivity contribution in [2.24, 2.45) is 0 Å². The van der Waals surface area contributed by atoms with Crippen LogP contribution in [0.5, 0.6) is 0 Å². The molecule has 0 aliphatic heterocycles. The summed E-state index contributed by atoms with van der Waals surface area (Å²) in [4.78, 5) is 0. The Balaban J connectivity index is 2.76. The third-order valence-corrected chi connectivity index (χ3v) is 2.99. The molecule has 0 amide bonds. The molecule has 0 fully saturated rings. The fraction of sp³-hybridized carbons (Fsp3) is 0.333. The van der Waals surface area contributed by atoms with E-state index in [4.69, 9.17) is 21.8 Å². The van der Waals surface area contributed by atoms with Gasteiger partial charge in [-0.1, -0.05) is 11.6 Å². The standard InChI is InChI=1S/C9H10BrClFNO2/c10-7-1-5(12)2-8(9(7)11)13-3-6(15)4-14/h1-2,6,13-15H,3-4H2. The van der Waals surface area contributed by atoms with Gasteiger partial charge in [-0.3, -0.25) is 0 Å². The SMILES string of the molecule is OCC(O)CNc1cc(F)cc(Br)c1Cl. The van der Waals surface area contributed by atoms with Crippen LogP contribution in [-0.2, 0) is 0 Å². The predicted molar refractivity (Wildman–Crippen MR) is 60.7 cm³/mol. The first-order valence-electron chi connectivity index (χ1n) is 4.22. The van der Waals surface area contributed by atoms with Crippen LogP contribution in [0.1, 0.15) is 0 Å². The molecule has 1 aromatic carbocycles. The van der Waals surface area contributed by atoms with E-state index in [2.05, 4.69) is 21.2 Å². The number of aliphatic hydroxyl groups excluding tert-OH is 2. The lowest BCUT2D eigenvalue weighted by molar-refractivity contribution is 0.105. The van der Waals surface area contributed by atoms with Crippen LogP contribution >= 0.6 is 27.5 Å². The molecular weight excluding hydrogens is 288 g/mol. The van der Waals surface area contributed by atoms with E-state index in [1.165, 1.54) is 12.1 Å². The largest absolute Gasteiger partial charge is 0.394 e. The van der Waals surface area contributed by atoms with Crippen LogP contribution in [0.15, 0.2) is 16.6 Å². The van der Waals surface area contributed by atoms with E-state index in [0.29, 0.717) is 15.2 Å². The Morgan fingerprint density at radius 3 is 2.80 bits per heavy atom. The van der Waals surface area contributed by atoms with E-state index >= 15 is 0 Å². The zero-order valence-corrected chi connectivity index (χ0v) is 10.0. The van der Waals surface area contributed by atoms with Crippen molar-refractivity contribution in [1.29, 1.82) is 0 Å². The van der Waals surface area contributed by atoms with Crippen LogP contribution in [0.2, 0.25) is 5.02 Å². The van der Waals surface area contributed by atoms with Crippen LogP contribution < -0.4 is 5.32 Å². The zero-order valence-electron chi connectivity index (χ0n) is 7.67. The Hall–Kier alpha value is -0.360. The quantitative estimate of drug-likeness (QED) is 0.745. The molecule has 84 valence electrons. The monoisotopic (exact) mass is 297 g/mol. The number of benzene rings is 1. The molecule has 1 rings (SSSR count). The van der Waals surface area contributed by atoms with Crippen molar-refractivity contribution >= 4 is 33.2 Å². The third-order valence-electron chi connectivity index (χ3n) is 1.73. The average molecular weight is 299 g/mol. The number of anilines is 1. The van der Waals surface area contributed by atoms with Gasteiger partial charge in [0.2, 0.25) is 0 Å². The summed E-state index contributed by atoms with van der Waals surface area (Å²) in [5, 5.41) is 20.7. The van der Waals surface area contributed by atoms with Crippen molar-refractivity contribution in [3.63, 3.8) is 0 Å². The van der Waals surface area contributed by atoms with Crippen molar-refractivity contribution in [3.05, 3.63) is 27.4 Å². The van der Waals surface area contributed by atoms with E-state index in [-0.39, 0.29) is 13.2 Å². The predicted octanol–water partition coefficient (Wildman–Crippen LogP) is 2.01. The van der Waals surface area contributed by atoms with Crippen LogP contribution in [0.4, 0.5) is 10.1 Å². The summed E-state index contributed by atoms with van der Waals surface area (Å²) in [5.41, 5.74) is 0.371. The minimum atomic E-state index is -0.900. The smallest absolute Gasteiger partial charge is 0.126 e. The maximum absolute atomic E-state index is 13.0. The summed E-state index contributed by atoms with van der Waals surface area (Å²) in [6, 6.07) is 2.47.